The van der Waals surface area contributed by atoms with Gasteiger partial charge < -0.3 is 16.2 Å². The van der Waals surface area contributed by atoms with Gasteiger partial charge in [0.05, 0.1) is 7.11 Å². The van der Waals surface area contributed by atoms with E-state index in [2.05, 4.69) is 0 Å². The van der Waals surface area contributed by atoms with Crippen molar-refractivity contribution in [1.82, 2.24) is 0 Å². The van der Waals surface area contributed by atoms with Crippen molar-refractivity contribution in [1.29, 1.82) is 0 Å². The number of hydrogen-bond donors (Lipinski definition) is 2. The minimum Gasteiger partial charge on any atom is -0.497 e. The minimum atomic E-state index is -0.280. The van der Waals surface area contributed by atoms with Crippen LogP contribution in [0.5, 0.6) is 5.75 Å². The van der Waals surface area contributed by atoms with Gasteiger partial charge in [0.1, 0.15) is 11.6 Å². The molecule has 0 aliphatic carbocycles. The van der Waals surface area contributed by atoms with E-state index < -0.39 is 0 Å². The maximum absolute atomic E-state index is 14.0. The van der Waals surface area contributed by atoms with E-state index >= 15 is 0 Å². The van der Waals surface area contributed by atoms with E-state index in [4.69, 9.17) is 16.2 Å². The van der Waals surface area contributed by atoms with Crippen molar-refractivity contribution >= 4 is 0 Å². The molecule has 2 rings (SSSR count). The highest BCUT2D eigenvalue weighted by Crippen LogP contribution is 2.30. The van der Waals surface area contributed by atoms with Gasteiger partial charge in [-0.25, -0.2) is 4.39 Å². The summed E-state index contributed by atoms with van der Waals surface area (Å²) >= 11 is 0. The zero-order valence-electron chi connectivity index (χ0n) is 10.8. The van der Waals surface area contributed by atoms with Gasteiger partial charge in [0, 0.05) is 18.7 Å². The lowest BCUT2D eigenvalue weighted by Crippen LogP contribution is -2.02. The summed E-state index contributed by atoms with van der Waals surface area (Å²) in [5.74, 6) is 0.427. The van der Waals surface area contributed by atoms with Crippen LogP contribution in [0.15, 0.2) is 36.4 Å². The average molecular weight is 260 g/mol. The molecule has 0 radical (unpaired) electrons. The zero-order chi connectivity index (χ0) is 13.8. The zero-order valence-corrected chi connectivity index (χ0v) is 10.8. The third-order valence-corrected chi connectivity index (χ3v) is 3.09. The molecule has 0 saturated heterocycles. The summed E-state index contributed by atoms with van der Waals surface area (Å²) in [6.45, 7) is 0.695. The highest BCUT2D eigenvalue weighted by Gasteiger charge is 2.11. The Hall–Kier alpha value is -1.91. The lowest BCUT2D eigenvalue weighted by Gasteiger charge is -2.12. The van der Waals surface area contributed by atoms with Gasteiger partial charge in [-0.05, 0) is 41.0 Å². The molecule has 19 heavy (non-hydrogen) atoms. The monoisotopic (exact) mass is 260 g/mol. The van der Waals surface area contributed by atoms with E-state index in [1.165, 1.54) is 6.07 Å². The third kappa shape index (κ3) is 2.75. The Morgan fingerprint density at radius 3 is 2.42 bits per heavy atom. The van der Waals surface area contributed by atoms with Gasteiger partial charge >= 0.3 is 0 Å². The first-order valence-electron chi connectivity index (χ1n) is 6.05. The largest absolute Gasteiger partial charge is 0.497 e. The Kier molecular flexibility index (Phi) is 4.14. The summed E-state index contributed by atoms with van der Waals surface area (Å²) in [5, 5.41) is 0. The summed E-state index contributed by atoms with van der Waals surface area (Å²) in [6, 6.07) is 10.3. The average Bonchev–Trinajstić information content (AvgIpc) is 2.47. The highest BCUT2D eigenvalue weighted by atomic mass is 19.1. The van der Waals surface area contributed by atoms with Crippen LogP contribution >= 0.6 is 0 Å². The third-order valence-electron chi connectivity index (χ3n) is 3.09. The summed E-state index contributed by atoms with van der Waals surface area (Å²) in [5.41, 5.74) is 14.3. The molecule has 0 fully saturated rings. The lowest BCUT2D eigenvalue weighted by molar-refractivity contribution is 0.414. The fraction of sp³-hybridized carbons (Fsp3) is 0.200. The molecule has 0 unspecified atom stereocenters. The highest BCUT2D eigenvalue weighted by molar-refractivity contribution is 5.69. The fourth-order valence-electron chi connectivity index (χ4n) is 2.03. The summed E-state index contributed by atoms with van der Waals surface area (Å²) in [4.78, 5) is 0. The number of nitrogens with two attached hydrogens (primary N) is 2. The van der Waals surface area contributed by atoms with Crippen molar-refractivity contribution in [3.8, 4) is 16.9 Å². The molecule has 0 amide bonds. The van der Waals surface area contributed by atoms with E-state index in [-0.39, 0.29) is 5.82 Å². The van der Waals surface area contributed by atoms with Crippen LogP contribution in [-0.4, -0.2) is 7.11 Å². The molecule has 2 aromatic rings. The van der Waals surface area contributed by atoms with Crippen LogP contribution in [0.3, 0.4) is 0 Å². The predicted molar refractivity (Wildman–Crippen MR) is 74.2 cm³/mol. The van der Waals surface area contributed by atoms with E-state index in [9.17, 15) is 4.39 Å². The molecule has 3 nitrogen and oxygen atoms in total. The standard InChI is InChI=1S/C15H17FN2O/c1-19-12-3-4-13(11(7-12)9-18)14-6-10(8-17)2-5-15(14)16/h2-7H,8-9,17-18H2,1H3. The Labute approximate surface area is 112 Å². The number of benzene rings is 2. The van der Waals surface area contributed by atoms with Crippen molar-refractivity contribution in [3.05, 3.63) is 53.3 Å². The van der Waals surface area contributed by atoms with Crippen LogP contribution in [0.25, 0.3) is 11.1 Å². The molecule has 0 aliphatic heterocycles. The van der Waals surface area contributed by atoms with E-state index in [1.807, 2.05) is 12.1 Å². The molecule has 0 aliphatic rings. The SMILES string of the molecule is COc1ccc(-c2cc(CN)ccc2F)c(CN)c1. The van der Waals surface area contributed by atoms with Gasteiger partial charge in [0.25, 0.3) is 0 Å². The Morgan fingerprint density at radius 2 is 1.79 bits per heavy atom. The van der Waals surface area contributed by atoms with Crippen LogP contribution in [0.4, 0.5) is 4.39 Å². The number of halogens is 1. The molecule has 0 heterocycles. The number of ether oxygens (including phenoxy) is 1. The second-order valence-electron chi connectivity index (χ2n) is 4.25. The fourth-order valence-corrected chi connectivity index (χ4v) is 2.03. The van der Waals surface area contributed by atoms with Gasteiger partial charge in [-0.2, -0.15) is 0 Å². The van der Waals surface area contributed by atoms with E-state index in [0.717, 1.165) is 16.7 Å². The summed E-state index contributed by atoms with van der Waals surface area (Å²) in [7, 11) is 1.59. The molecular weight excluding hydrogens is 243 g/mol. The number of methoxy groups -OCH3 is 1. The molecule has 2 aromatic carbocycles. The molecule has 0 saturated carbocycles. The van der Waals surface area contributed by atoms with Gasteiger partial charge in [0.15, 0.2) is 0 Å². The van der Waals surface area contributed by atoms with Crippen LogP contribution in [0.1, 0.15) is 11.1 Å². The van der Waals surface area contributed by atoms with Crippen molar-refractivity contribution in [2.24, 2.45) is 11.5 Å². The summed E-state index contributed by atoms with van der Waals surface area (Å²) < 4.78 is 19.1. The Morgan fingerprint density at radius 1 is 1.00 bits per heavy atom. The maximum Gasteiger partial charge on any atom is 0.131 e. The molecular formula is C15H17FN2O. The first-order valence-corrected chi connectivity index (χ1v) is 6.05. The Bertz CT molecular complexity index is 584. The normalized spacial score (nSPS) is 10.5. The van der Waals surface area contributed by atoms with Crippen molar-refractivity contribution in [2.45, 2.75) is 13.1 Å². The van der Waals surface area contributed by atoms with Crippen molar-refractivity contribution in [2.75, 3.05) is 7.11 Å². The molecule has 100 valence electrons. The first kappa shape index (κ1) is 13.5. The van der Waals surface area contributed by atoms with Crippen LogP contribution in [0.2, 0.25) is 0 Å². The van der Waals surface area contributed by atoms with E-state index in [1.54, 1.807) is 25.3 Å². The van der Waals surface area contributed by atoms with Gasteiger partial charge in [-0.3, -0.25) is 0 Å². The smallest absolute Gasteiger partial charge is 0.131 e. The van der Waals surface area contributed by atoms with Gasteiger partial charge in [-0.15, -0.1) is 0 Å². The van der Waals surface area contributed by atoms with Crippen molar-refractivity contribution < 1.29 is 9.13 Å². The van der Waals surface area contributed by atoms with Gasteiger partial charge in [0.2, 0.25) is 0 Å². The predicted octanol–water partition coefficient (Wildman–Crippen LogP) is 2.42. The van der Waals surface area contributed by atoms with Crippen LogP contribution < -0.4 is 16.2 Å². The molecule has 0 spiro atoms. The van der Waals surface area contributed by atoms with Crippen molar-refractivity contribution in [3.63, 3.8) is 0 Å². The van der Waals surface area contributed by atoms with Gasteiger partial charge in [-0.1, -0.05) is 12.1 Å². The second kappa shape index (κ2) is 5.82. The quantitative estimate of drug-likeness (QED) is 0.887. The topological polar surface area (TPSA) is 61.3 Å². The van der Waals surface area contributed by atoms with E-state index in [0.29, 0.717) is 24.4 Å². The molecule has 0 atom stereocenters. The first-order chi connectivity index (χ1) is 9.19. The van der Waals surface area contributed by atoms with Crippen LogP contribution in [-0.2, 0) is 13.1 Å². The molecule has 0 aromatic heterocycles. The summed E-state index contributed by atoms with van der Waals surface area (Å²) in [6.07, 6.45) is 0. The lowest BCUT2D eigenvalue weighted by atomic mass is 9.97. The molecule has 4 heteroatoms. The molecule has 4 N–H and O–H groups in total. The minimum absolute atomic E-state index is 0.280. The Balaban J connectivity index is 2.57. The van der Waals surface area contributed by atoms with Crippen LogP contribution in [0, 0.1) is 5.82 Å². The number of rotatable bonds is 4. The second-order valence-corrected chi connectivity index (χ2v) is 4.25. The number of hydrogen-bond acceptors (Lipinski definition) is 3. The maximum atomic E-state index is 14.0. The molecule has 0 bridgehead atoms.